The van der Waals surface area contributed by atoms with Crippen molar-refractivity contribution in [2.24, 2.45) is 0 Å². The molecule has 0 atom stereocenters. The van der Waals surface area contributed by atoms with Crippen molar-refractivity contribution in [2.75, 3.05) is 0 Å². The van der Waals surface area contributed by atoms with Crippen LogP contribution in [-0.2, 0) is 13.1 Å². The smallest absolute Gasteiger partial charge is 0.272 e. The van der Waals surface area contributed by atoms with Gasteiger partial charge in [-0.25, -0.2) is 0 Å². The van der Waals surface area contributed by atoms with E-state index in [-0.39, 0.29) is 11.9 Å². The van der Waals surface area contributed by atoms with E-state index in [9.17, 15) is 4.79 Å². The molecule has 3 rings (SSSR count). The molecule has 126 valence electrons. The van der Waals surface area contributed by atoms with Gasteiger partial charge in [-0.2, -0.15) is 5.10 Å². The summed E-state index contributed by atoms with van der Waals surface area (Å²) in [5, 5.41) is 5.43. The Morgan fingerprint density at radius 3 is 2.71 bits per heavy atom. The lowest BCUT2D eigenvalue weighted by molar-refractivity contribution is 0.0664. The van der Waals surface area contributed by atoms with Crippen LogP contribution in [0.3, 0.4) is 0 Å². The van der Waals surface area contributed by atoms with E-state index in [2.05, 4.69) is 5.10 Å². The minimum atomic E-state index is -0.0205. The van der Waals surface area contributed by atoms with Crippen LogP contribution in [-0.4, -0.2) is 26.6 Å². The molecule has 2 aromatic heterocycles. The number of aryl methyl sites for hydroxylation is 2. The molecule has 2 heterocycles. The van der Waals surface area contributed by atoms with E-state index < -0.39 is 0 Å². The molecule has 0 saturated heterocycles. The van der Waals surface area contributed by atoms with E-state index >= 15 is 0 Å². The first kappa shape index (κ1) is 16.3. The topological polar surface area (TPSA) is 51.3 Å². The number of nitrogens with zero attached hydrogens (tertiary/aromatic N) is 3. The first-order valence-corrected chi connectivity index (χ1v) is 8.32. The Labute approximate surface area is 141 Å². The van der Waals surface area contributed by atoms with Gasteiger partial charge in [-0.1, -0.05) is 18.2 Å². The molecule has 0 saturated carbocycles. The third-order valence-electron chi connectivity index (χ3n) is 4.11. The molecule has 1 amide bonds. The zero-order chi connectivity index (χ0) is 17.3. The molecule has 0 N–H and O–H groups in total. The van der Waals surface area contributed by atoms with Crippen LogP contribution in [0.4, 0.5) is 0 Å². The molecule has 0 radical (unpaired) electrons. The van der Waals surface area contributed by atoms with Crippen LogP contribution in [0.2, 0.25) is 0 Å². The van der Waals surface area contributed by atoms with Crippen LogP contribution >= 0.6 is 0 Å². The summed E-state index contributed by atoms with van der Waals surface area (Å²) in [6, 6.07) is 11.8. The fraction of sp³-hybridized carbons (Fsp3) is 0.368. The van der Waals surface area contributed by atoms with Crippen LogP contribution in [0.15, 0.2) is 40.8 Å². The molecule has 3 aromatic rings. The lowest BCUT2D eigenvalue weighted by atomic mass is 10.2. The summed E-state index contributed by atoms with van der Waals surface area (Å²) in [5.74, 6) is 0.769. The normalized spacial score (nSPS) is 11.4. The first-order valence-electron chi connectivity index (χ1n) is 8.32. The Hall–Kier alpha value is -2.56. The van der Waals surface area contributed by atoms with Crippen molar-refractivity contribution in [2.45, 2.75) is 46.8 Å². The molecular weight excluding hydrogens is 302 g/mol. The van der Waals surface area contributed by atoms with Crippen molar-refractivity contribution in [3.8, 4) is 0 Å². The summed E-state index contributed by atoms with van der Waals surface area (Å²) in [6.07, 6.45) is 0. The summed E-state index contributed by atoms with van der Waals surface area (Å²) in [4.78, 5) is 14.8. The fourth-order valence-corrected chi connectivity index (χ4v) is 2.88. The average molecular weight is 325 g/mol. The van der Waals surface area contributed by atoms with Crippen molar-refractivity contribution in [3.05, 3.63) is 53.5 Å². The second-order valence-electron chi connectivity index (χ2n) is 6.26. The van der Waals surface area contributed by atoms with Gasteiger partial charge in [0.1, 0.15) is 17.0 Å². The van der Waals surface area contributed by atoms with Gasteiger partial charge in [0, 0.05) is 18.0 Å². The molecule has 0 bridgehead atoms. The third-order valence-corrected chi connectivity index (χ3v) is 4.11. The van der Waals surface area contributed by atoms with Crippen molar-refractivity contribution in [3.63, 3.8) is 0 Å². The highest BCUT2D eigenvalue weighted by atomic mass is 16.3. The third kappa shape index (κ3) is 3.07. The number of rotatable bonds is 5. The average Bonchev–Trinajstić information content (AvgIpc) is 3.14. The minimum absolute atomic E-state index is 0.0205. The number of para-hydroxylation sites is 1. The molecule has 0 fully saturated rings. The van der Waals surface area contributed by atoms with E-state index in [4.69, 9.17) is 4.42 Å². The molecule has 24 heavy (non-hydrogen) atoms. The summed E-state index contributed by atoms with van der Waals surface area (Å²) < 4.78 is 7.64. The quantitative estimate of drug-likeness (QED) is 0.712. The molecule has 5 heteroatoms. The summed E-state index contributed by atoms with van der Waals surface area (Å²) in [6.45, 7) is 9.04. The Balaban J connectivity index is 1.90. The maximum absolute atomic E-state index is 13.0. The molecule has 0 spiro atoms. The number of carbonyl (C=O) groups excluding carboxylic acids is 1. The number of aromatic nitrogens is 2. The largest absolute Gasteiger partial charge is 0.459 e. The van der Waals surface area contributed by atoms with Crippen LogP contribution in [0.1, 0.15) is 42.7 Å². The number of furan rings is 1. The van der Waals surface area contributed by atoms with Crippen molar-refractivity contribution >= 4 is 16.9 Å². The van der Waals surface area contributed by atoms with Gasteiger partial charge < -0.3 is 9.32 Å². The number of hydrogen-bond donors (Lipinski definition) is 0. The van der Waals surface area contributed by atoms with Crippen LogP contribution in [0.5, 0.6) is 0 Å². The Bertz CT molecular complexity index is 828. The molecule has 0 aliphatic rings. The number of carbonyl (C=O) groups is 1. The zero-order valence-corrected chi connectivity index (χ0v) is 14.6. The Morgan fingerprint density at radius 1 is 1.29 bits per heavy atom. The molecule has 1 aromatic carbocycles. The van der Waals surface area contributed by atoms with Crippen LogP contribution in [0.25, 0.3) is 11.0 Å². The maximum Gasteiger partial charge on any atom is 0.272 e. The van der Waals surface area contributed by atoms with Crippen LogP contribution < -0.4 is 0 Å². The van der Waals surface area contributed by atoms with Gasteiger partial charge in [-0.3, -0.25) is 9.48 Å². The van der Waals surface area contributed by atoms with Gasteiger partial charge in [0.15, 0.2) is 0 Å². The second kappa shape index (κ2) is 6.51. The zero-order valence-electron chi connectivity index (χ0n) is 14.6. The van der Waals surface area contributed by atoms with Crippen LogP contribution in [0, 0.1) is 6.92 Å². The van der Waals surface area contributed by atoms with E-state index in [1.54, 1.807) is 4.68 Å². The fourth-order valence-electron chi connectivity index (χ4n) is 2.88. The highest BCUT2D eigenvalue weighted by molar-refractivity contribution is 5.93. The first-order chi connectivity index (χ1) is 11.5. The van der Waals surface area contributed by atoms with Gasteiger partial charge >= 0.3 is 0 Å². The van der Waals surface area contributed by atoms with Crippen molar-refractivity contribution in [1.82, 2.24) is 14.7 Å². The minimum Gasteiger partial charge on any atom is -0.459 e. The summed E-state index contributed by atoms with van der Waals surface area (Å²) in [7, 11) is 0. The van der Waals surface area contributed by atoms with Gasteiger partial charge in [-0.15, -0.1) is 0 Å². The van der Waals surface area contributed by atoms with E-state index in [1.165, 1.54) is 0 Å². The van der Waals surface area contributed by atoms with Gasteiger partial charge in [0.05, 0.1) is 12.2 Å². The monoisotopic (exact) mass is 325 g/mol. The predicted molar refractivity (Wildman–Crippen MR) is 93.9 cm³/mol. The molecule has 0 aliphatic carbocycles. The Morgan fingerprint density at radius 2 is 2.04 bits per heavy atom. The van der Waals surface area contributed by atoms with Gasteiger partial charge in [0.25, 0.3) is 5.91 Å². The van der Waals surface area contributed by atoms with Crippen molar-refractivity contribution in [1.29, 1.82) is 0 Å². The molecule has 0 aliphatic heterocycles. The van der Waals surface area contributed by atoms with E-state index in [1.807, 2.05) is 69.0 Å². The number of amides is 1. The molecular formula is C19H23N3O2. The molecule has 5 nitrogen and oxygen atoms in total. The SMILES string of the molecule is CCn1nc(C)cc1C(=O)N(Cc1cc2ccccc2o1)C(C)C. The highest BCUT2D eigenvalue weighted by Crippen LogP contribution is 2.22. The van der Waals surface area contributed by atoms with Gasteiger partial charge in [0.2, 0.25) is 0 Å². The highest BCUT2D eigenvalue weighted by Gasteiger charge is 2.24. The standard InChI is InChI=1S/C19H23N3O2/c1-5-22-17(10-14(4)20-22)19(23)21(13(2)3)12-16-11-15-8-6-7-9-18(15)24-16/h6-11,13H,5,12H2,1-4H3. The predicted octanol–water partition coefficient (Wildman–Crippen LogP) is 4.01. The number of fused-ring (bicyclic) bond motifs is 1. The Kier molecular flexibility index (Phi) is 4.42. The number of benzene rings is 1. The molecule has 0 unspecified atom stereocenters. The number of hydrogen-bond acceptors (Lipinski definition) is 3. The van der Waals surface area contributed by atoms with E-state index in [0.29, 0.717) is 18.8 Å². The van der Waals surface area contributed by atoms with E-state index in [0.717, 1.165) is 22.4 Å². The summed E-state index contributed by atoms with van der Waals surface area (Å²) in [5.41, 5.74) is 2.32. The van der Waals surface area contributed by atoms with Crippen molar-refractivity contribution < 1.29 is 9.21 Å². The lowest BCUT2D eigenvalue weighted by Crippen LogP contribution is -2.37. The second-order valence-corrected chi connectivity index (χ2v) is 6.26. The summed E-state index contributed by atoms with van der Waals surface area (Å²) >= 11 is 0. The van der Waals surface area contributed by atoms with Gasteiger partial charge in [-0.05, 0) is 45.9 Å². The lowest BCUT2D eigenvalue weighted by Gasteiger charge is -2.26. The maximum atomic E-state index is 13.0.